The third-order valence-corrected chi connectivity index (χ3v) is 8.25. The van der Waals surface area contributed by atoms with Crippen LogP contribution in [0.1, 0.15) is 36.1 Å². The Kier molecular flexibility index (Phi) is 8.80. The molecule has 4 aromatic rings. The van der Waals surface area contributed by atoms with Crippen molar-refractivity contribution in [3.05, 3.63) is 125 Å². The van der Waals surface area contributed by atoms with Gasteiger partial charge >= 0.3 is 0 Å². The molecule has 0 spiro atoms. The lowest BCUT2D eigenvalue weighted by Crippen LogP contribution is -2.19. The molecule has 0 N–H and O–H groups in total. The van der Waals surface area contributed by atoms with Crippen LogP contribution in [0, 0.1) is 0 Å². The van der Waals surface area contributed by atoms with Crippen molar-refractivity contribution in [2.75, 3.05) is 0 Å². The van der Waals surface area contributed by atoms with Crippen LogP contribution in [0.25, 0.3) is 0 Å². The van der Waals surface area contributed by atoms with Gasteiger partial charge in [-0.25, -0.2) is 0 Å². The Balaban J connectivity index is 1.56. The minimum absolute atomic E-state index is 0.272. The molecule has 0 unspecified atom stereocenters. The Morgan fingerprint density at radius 1 is 0.543 bits per heavy atom. The smallest absolute Gasteiger partial charge is 0.148 e. The Morgan fingerprint density at radius 2 is 0.857 bits per heavy atom. The molecule has 0 saturated heterocycles. The van der Waals surface area contributed by atoms with Crippen LogP contribution in [0.4, 0.5) is 0 Å². The van der Waals surface area contributed by atoms with Crippen LogP contribution in [-0.2, 0) is 18.6 Å². The SMILES string of the molecule is CC(C)(c1cc(Br)c(OCc2ccccc2)c(Br)c1)c1cc(Br)c(OCc2ccccc2)c(Br)c1. The average molecular weight is 724 g/mol. The van der Waals surface area contributed by atoms with E-state index in [1.54, 1.807) is 0 Å². The summed E-state index contributed by atoms with van der Waals surface area (Å²) in [5, 5.41) is 0. The Bertz CT molecular complexity index is 1160. The zero-order chi connectivity index (χ0) is 25.0. The quantitative estimate of drug-likeness (QED) is 0.180. The van der Waals surface area contributed by atoms with Gasteiger partial charge in [0.2, 0.25) is 0 Å². The number of hydrogen-bond acceptors (Lipinski definition) is 2. The molecule has 0 fully saturated rings. The zero-order valence-electron chi connectivity index (χ0n) is 19.3. The summed E-state index contributed by atoms with van der Waals surface area (Å²) in [5.74, 6) is 1.58. The molecular weight excluding hydrogens is 700 g/mol. The van der Waals surface area contributed by atoms with E-state index in [2.05, 4.69) is 126 Å². The van der Waals surface area contributed by atoms with Crippen molar-refractivity contribution in [2.45, 2.75) is 32.5 Å². The van der Waals surface area contributed by atoms with Crippen LogP contribution in [0.3, 0.4) is 0 Å². The van der Waals surface area contributed by atoms with Gasteiger partial charge in [0.15, 0.2) is 0 Å². The van der Waals surface area contributed by atoms with Crippen LogP contribution in [0.2, 0.25) is 0 Å². The highest BCUT2D eigenvalue weighted by Gasteiger charge is 2.27. The fourth-order valence-corrected chi connectivity index (χ4v) is 6.57. The second-order valence-corrected chi connectivity index (χ2v) is 12.1. The van der Waals surface area contributed by atoms with Crippen LogP contribution in [0.5, 0.6) is 11.5 Å². The van der Waals surface area contributed by atoms with Crippen molar-refractivity contribution in [1.29, 1.82) is 0 Å². The maximum Gasteiger partial charge on any atom is 0.148 e. The summed E-state index contributed by atoms with van der Waals surface area (Å²) in [4.78, 5) is 0. The second-order valence-electron chi connectivity index (χ2n) is 8.71. The highest BCUT2D eigenvalue weighted by atomic mass is 79.9. The predicted molar refractivity (Wildman–Crippen MR) is 157 cm³/mol. The van der Waals surface area contributed by atoms with Crippen molar-refractivity contribution in [2.24, 2.45) is 0 Å². The Morgan fingerprint density at radius 3 is 1.17 bits per heavy atom. The molecule has 180 valence electrons. The third kappa shape index (κ3) is 6.40. The molecule has 0 aliphatic carbocycles. The Hall–Kier alpha value is -1.60. The molecule has 0 aromatic heterocycles. The summed E-state index contributed by atoms with van der Waals surface area (Å²) in [7, 11) is 0. The summed E-state index contributed by atoms with van der Waals surface area (Å²) in [6.07, 6.45) is 0. The van der Waals surface area contributed by atoms with E-state index in [4.69, 9.17) is 9.47 Å². The molecule has 0 bridgehead atoms. The molecule has 2 nitrogen and oxygen atoms in total. The van der Waals surface area contributed by atoms with Crippen molar-refractivity contribution < 1.29 is 9.47 Å². The van der Waals surface area contributed by atoms with E-state index in [0.717, 1.165) is 51.6 Å². The first kappa shape index (κ1) is 26.5. The number of hydrogen-bond donors (Lipinski definition) is 0. The summed E-state index contributed by atoms with van der Waals surface area (Å²) in [6, 6.07) is 28.8. The highest BCUT2D eigenvalue weighted by molar-refractivity contribution is 9.11. The minimum Gasteiger partial charge on any atom is -0.487 e. The summed E-state index contributed by atoms with van der Waals surface area (Å²) in [5.41, 5.74) is 4.28. The van der Waals surface area contributed by atoms with E-state index in [-0.39, 0.29) is 5.41 Å². The van der Waals surface area contributed by atoms with Crippen LogP contribution in [-0.4, -0.2) is 0 Å². The molecule has 0 amide bonds. The fourth-order valence-electron chi connectivity index (χ4n) is 3.74. The van der Waals surface area contributed by atoms with Gasteiger partial charge in [-0.05, 0) is 110 Å². The maximum absolute atomic E-state index is 6.12. The normalized spacial score (nSPS) is 11.4. The average Bonchev–Trinajstić information content (AvgIpc) is 2.84. The first-order valence-corrected chi connectivity index (χ1v) is 14.3. The largest absolute Gasteiger partial charge is 0.487 e. The van der Waals surface area contributed by atoms with Crippen molar-refractivity contribution in [3.63, 3.8) is 0 Å². The number of ether oxygens (including phenoxy) is 2. The molecule has 0 aliphatic rings. The van der Waals surface area contributed by atoms with Gasteiger partial charge in [0.05, 0.1) is 17.9 Å². The van der Waals surface area contributed by atoms with Crippen LogP contribution >= 0.6 is 63.7 Å². The molecule has 0 atom stereocenters. The summed E-state index contributed by atoms with van der Waals surface area (Å²) in [6.45, 7) is 5.44. The fraction of sp³-hybridized carbons (Fsp3) is 0.172. The minimum atomic E-state index is -0.272. The molecule has 0 aliphatic heterocycles. The van der Waals surface area contributed by atoms with Crippen LogP contribution in [0.15, 0.2) is 103 Å². The van der Waals surface area contributed by atoms with E-state index in [9.17, 15) is 0 Å². The first-order valence-electron chi connectivity index (χ1n) is 11.1. The van der Waals surface area contributed by atoms with Gasteiger partial charge in [-0.15, -0.1) is 0 Å². The van der Waals surface area contributed by atoms with E-state index < -0.39 is 0 Å². The van der Waals surface area contributed by atoms with Crippen molar-refractivity contribution in [1.82, 2.24) is 0 Å². The van der Waals surface area contributed by atoms with Gasteiger partial charge in [0, 0.05) is 5.41 Å². The summed E-state index contributed by atoms with van der Waals surface area (Å²) < 4.78 is 15.9. The number of rotatable bonds is 8. The standard InChI is InChI=1S/C29H24Br4O2/c1-29(2,21-13-23(30)27(24(31)14-21)34-17-19-9-5-3-6-10-19)22-15-25(32)28(26(33)16-22)35-18-20-11-7-4-8-12-20/h3-16H,17-18H2,1-2H3. The molecule has 35 heavy (non-hydrogen) atoms. The topological polar surface area (TPSA) is 18.5 Å². The summed E-state index contributed by atoms with van der Waals surface area (Å²) >= 11 is 14.9. The van der Waals surface area contributed by atoms with E-state index in [1.807, 2.05) is 36.4 Å². The monoisotopic (exact) mass is 720 g/mol. The highest BCUT2D eigenvalue weighted by Crippen LogP contribution is 2.44. The molecule has 0 saturated carbocycles. The van der Waals surface area contributed by atoms with Gasteiger partial charge in [-0.2, -0.15) is 0 Å². The van der Waals surface area contributed by atoms with Crippen molar-refractivity contribution in [3.8, 4) is 11.5 Å². The first-order chi connectivity index (χ1) is 16.8. The molecule has 0 radical (unpaired) electrons. The van der Waals surface area contributed by atoms with E-state index in [0.29, 0.717) is 13.2 Å². The van der Waals surface area contributed by atoms with Gasteiger partial charge < -0.3 is 9.47 Å². The lowest BCUT2D eigenvalue weighted by Gasteiger charge is -2.28. The van der Waals surface area contributed by atoms with Gasteiger partial charge in [0.1, 0.15) is 24.7 Å². The predicted octanol–water partition coefficient (Wildman–Crippen LogP) is 10.2. The molecule has 4 rings (SSSR count). The lowest BCUT2D eigenvalue weighted by atomic mass is 9.78. The Labute approximate surface area is 240 Å². The maximum atomic E-state index is 6.12. The molecule has 6 heteroatoms. The molecular formula is C29H24Br4O2. The van der Waals surface area contributed by atoms with E-state index in [1.165, 1.54) is 0 Å². The van der Waals surface area contributed by atoms with Crippen LogP contribution < -0.4 is 9.47 Å². The van der Waals surface area contributed by atoms with E-state index >= 15 is 0 Å². The third-order valence-electron chi connectivity index (χ3n) is 5.89. The second kappa shape index (κ2) is 11.6. The lowest BCUT2D eigenvalue weighted by molar-refractivity contribution is 0.302. The van der Waals surface area contributed by atoms with Gasteiger partial charge in [0.25, 0.3) is 0 Å². The number of benzene rings is 4. The zero-order valence-corrected chi connectivity index (χ0v) is 25.7. The van der Waals surface area contributed by atoms with Gasteiger partial charge in [-0.3, -0.25) is 0 Å². The number of halogens is 4. The molecule has 0 heterocycles. The van der Waals surface area contributed by atoms with Gasteiger partial charge in [-0.1, -0.05) is 74.5 Å². The molecule has 4 aromatic carbocycles. The van der Waals surface area contributed by atoms with Crippen molar-refractivity contribution >= 4 is 63.7 Å².